The van der Waals surface area contributed by atoms with E-state index in [-0.39, 0.29) is 0 Å². The smallest absolute Gasteiger partial charge is 0.138 e. The van der Waals surface area contributed by atoms with Gasteiger partial charge in [0.2, 0.25) is 0 Å². The van der Waals surface area contributed by atoms with Crippen LogP contribution in [-0.2, 0) is 13.0 Å². The fraction of sp³-hybridized carbons (Fsp3) is 0.867. The molecule has 1 N–H and O–H groups in total. The molecule has 2 unspecified atom stereocenters. The van der Waals surface area contributed by atoms with E-state index in [1.807, 2.05) is 0 Å². The highest BCUT2D eigenvalue weighted by molar-refractivity contribution is 4.91. The topological polar surface area (TPSA) is 42.7 Å². The summed E-state index contributed by atoms with van der Waals surface area (Å²) in [4.78, 5) is 4.45. The van der Waals surface area contributed by atoms with Crippen molar-refractivity contribution in [2.45, 2.75) is 66.5 Å². The van der Waals surface area contributed by atoms with E-state index in [1.165, 1.54) is 12.8 Å². The molecule has 19 heavy (non-hydrogen) atoms. The molecule has 4 heteroatoms. The lowest BCUT2D eigenvalue weighted by Crippen LogP contribution is -2.38. The molecule has 0 saturated heterocycles. The summed E-state index contributed by atoms with van der Waals surface area (Å²) in [5.41, 5.74) is 0. The van der Waals surface area contributed by atoms with E-state index < -0.39 is 0 Å². The van der Waals surface area contributed by atoms with Gasteiger partial charge in [-0.2, -0.15) is 5.10 Å². The van der Waals surface area contributed by atoms with Crippen LogP contribution in [0.1, 0.15) is 53.3 Å². The molecule has 0 fully saturated rings. The van der Waals surface area contributed by atoms with Gasteiger partial charge in [-0.1, -0.05) is 41.0 Å². The molecule has 0 radical (unpaired) electrons. The Morgan fingerprint density at radius 1 is 1.26 bits per heavy atom. The molecular formula is C15H30N4. The van der Waals surface area contributed by atoms with E-state index in [2.05, 4.69) is 54.7 Å². The quantitative estimate of drug-likeness (QED) is 0.747. The van der Waals surface area contributed by atoms with Gasteiger partial charge in [0.15, 0.2) is 0 Å². The van der Waals surface area contributed by atoms with Gasteiger partial charge in [0, 0.05) is 19.0 Å². The zero-order valence-corrected chi connectivity index (χ0v) is 13.2. The van der Waals surface area contributed by atoms with Crippen LogP contribution in [0, 0.1) is 11.8 Å². The zero-order valence-electron chi connectivity index (χ0n) is 13.2. The van der Waals surface area contributed by atoms with Crippen molar-refractivity contribution in [1.82, 2.24) is 20.1 Å². The minimum Gasteiger partial charge on any atom is -0.313 e. The first-order valence-electron chi connectivity index (χ1n) is 7.68. The highest BCUT2D eigenvalue weighted by Gasteiger charge is 2.18. The fourth-order valence-electron chi connectivity index (χ4n) is 2.23. The van der Waals surface area contributed by atoms with E-state index in [1.54, 1.807) is 6.33 Å². The lowest BCUT2D eigenvalue weighted by molar-refractivity contribution is 0.350. The van der Waals surface area contributed by atoms with Crippen molar-refractivity contribution in [3.63, 3.8) is 0 Å². The third-order valence-corrected chi connectivity index (χ3v) is 3.62. The van der Waals surface area contributed by atoms with E-state index in [0.717, 1.165) is 25.3 Å². The summed E-state index contributed by atoms with van der Waals surface area (Å²) in [6.45, 7) is 13.2. The maximum atomic E-state index is 4.45. The van der Waals surface area contributed by atoms with E-state index in [0.29, 0.717) is 17.9 Å². The molecule has 0 spiro atoms. The normalized spacial score (nSPS) is 14.8. The molecule has 2 atom stereocenters. The summed E-state index contributed by atoms with van der Waals surface area (Å²) < 4.78 is 2.06. The first-order valence-corrected chi connectivity index (χ1v) is 7.68. The fourth-order valence-corrected chi connectivity index (χ4v) is 2.23. The first kappa shape index (κ1) is 16.2. The van der Waals surface area contributed by atoms with Crippen molar-refractivity contribution < 1.29 is 0 Å². The summed E-state index contributed by atoms with van der Waals surface area (Å²) >= 11 is 0. The van der Waals surface area contributed by atoms with Crippen molar-refractivity contribution >= 4 is 0 Å². The predicted octanol–water partition coefficient (Wildman–Crippen LogP) is 2.89. The molecule has 0 saturated carbocycles. The Kier molecular flexibility index (Phi) is 7.06. The third kappa shape index (κ3) is 5.31. The molecule has 110 valence electrons. The van der Waals surface area contributed by atoms with Crippen LogP contribution in [0.2, 0.25) is 0 Å². The van der Waals surface area contributed by atoms with Gasteiger partial charge in [-0.05, 0) is 24.8 Å². The van der Waals surface area contributed by atoms with Gasteiger partial charge in [0.05, 0.1) is 0 Å². The van der Waals surface area contributed by atoms with Gasteiger partial charge in [0.25, 0.3) is 0 Å². The second-order valence-electron chi connectivity index (χ2n) is 5.90. The van der Waals surface area contributed by atoms with Crippen LogP contribution in [0.5, 0.6) is 0 Å². The van der Waals surface area contributed by atoms with E-state index >= 15 is 0 Å². The molecule has 4 nitrogen and oxygen atoms in total. The summed E-state index contributed by atoms with van der Waals surface area (Å²) in [6.07, 6.45) is 5.03. The van der Waals surface area contributed by atoms with Crippen LogP contribution >= 0.6 is 0 Å². The Labute approximate surface area is 118 Å². The van der Waals surface area contributed by atoms with Gasteiger partial charge in [-0.3, -0.25) is 0 Å². The number of nitrogens with zero attached hydrogens (tertiary/aromatic N) is 3. The number of nitrogens with one attached hydrogen (secondary N) is 1. The maximum Gasteiger partial charge on any atom is 0.138 e. The Morgan fingerprint density at radius 3 is 2.58 bits per heavy atom. The average Bonchev–Trinajstić information content (AvgIpc) is 2.79. The lowest BCUT2D eigenvalue weighted by Gasteiger charge is -2.24. The SMILES string of the molecule is CCCNC(Cc1ncnn1CC(C)C)C(C)CC. The Morgan fingerprint density at radius 2 is 2.00 bits per heavy atom. The van der Waals surface area contributed by atoms with Crippen LogP contribution in [-0.4, -0.2) is 27.4 Å². The summed E-state index contributed by atoms with van der Waals surface area (Å²) in [6, 6.07) is 0.500. The zero-order chi connectivity index (χ0) is 14.3. The Bertz CT molecular complexity index is 346. The summed E-state index contributed by atoms with van der Waals surface area (Å²) in [7, 11) is 0. The van der Waals surface area contributed by atoms with Gasteiger partial charge in [0.1, 0.15) is 12.2 Å². The first-order chi connectivity index (χ1) is 9.08. The van der Waals surface area contributed by atoms with Crippen molar-refractivity contribution in [3.05, 3.63) is 12.2 Å². The van der Waals surface area contributed by atoms with Gasteiger partial charge >= 0.3 is 0 Å². The molecule has 0 aliphatic heterocycles. The number of aromatic nitrogens is 3. The van der Waals surface area contributed by atoms with Crippen LogP contribution in [0.25, 0.3) is 0 Å². The maximum absolute atomic E-state index is 4.45. The molecule has 1 heterocycles. The summed E-state index contributed by atoms with van der Waals surface area (Å²) in [5.74, 6) is 2.38. The molecule has 1 rings (SSSR count). The second kappa shape index (κ2) is 8.31. The van der Waals surface area contributed by atoms with Crippen molar-refractivity contribution in [3.8, 4) is 0 Å². The van der Waals surface area contributed by atoms with Crippen molar-refractivity contribution in [1.29, 1.82) is 0 Å². The van der Waals surface area contributed by atoms with Gasteiger partial charge < -0.3 is 5.32 Å². The Hall–Kier alpha value is -0.900. The Balaban J connectivity index is 2.69. The van der Waals surface area contributed by atoms with Crippen LogP contribution in [0.3, 0.4) is 0 Å². The van der Waals surface area contributed by atoms with Crippen molar-refractivity contribution in [2.24, 2.45) is 11.8 Å². The molecular weight excluding hydrogens is 236 g/mol. The molecule has 0 bridgehead atoms. The average molecular weight is 266 g/mol. The monoisotopic (exact) mass is 266 g/mol. The number of rotatable bonds is 9. The predicted molar refractivity (Wildman–Crippen MR) is 80.1 cm³/mol. The van der Waals surface area contributed by atoms with E-state index in [9.17, 15) is 0 Å². The molecule has 0 aromatic carbocycles. The number of hydrogen-bond acceptors (Lipinski definition) is 3. The van der Waals surface area contributed by atoms with Crippen LogP contribution in [0.4, 0.5) is 0 Å². The number of hydrogen-bond donors (Lipinski definition) is 1. The minimum atomic E-state index is 0.500. The van der Waals surface area contributed by atoms with Crippen LogP contribution < -0.4 is 5.32 Å². The highest BCUT2D eigenvalue weighted by Crippen LogP contribution is 2.13. The van der Waals surface area contributed by atoms with Gasteiger partial charge in [-0.25, -0.2) is 9.67 Å². The highest BCUT2D eigenvalue weighted by atomic mass is 15.3. The lowest BCUT2D eigenvalue weighted by atomic mass is 9.96. The second-order valence-corrected chi connectivity index (χ2v) is 5.90. The van der Waals surface area contributed by atoms with Gasteiger partial charge in [-0.15, -0.1) is 0 Å². The van der Waals surface area contributed by atoms with E-state index in [4.69, 9.17) is 0 Å². The molecule has 1 aromatic rings. The molecule has 1 aromatic heterocycles. The molecule has 0 aliphatic carbocycles. The standard InChI is InChI=1S/C15H30N4/c1-6-8-16-14(13(5)7-2)9-15-17-11-18-19(15)10-12(3)4/h11-14,16H,6-10H2,1-5H3. The molecule has 0 amide bonds. The molecule has 0 aliphatic rings. The largest absolute Gasteiger partial charge is 0.313 e. The van der Waals surface area contributed by atoms with Crippen molar-refractivity contribution in [2.75, 3.05) is 6.54 Å². The minimum absolute atomic E-state index is 0.500. The van der Waals surface area contributed by atoms with Crippen LogP contribution in [0.15, 0.2) is 6.33 Å². The third-order valence-electron chi connectivity index (χ3n) is 3.62. The summed E-state index contributed by atoms with van der Waals surface area (Å²) in [5, 5.41) is 8.01.